The number of carbonyl (C=O) groups excluding carboxylic acids is 1. The largest absolute Gasteiger partial charge is 0.338 e. The second-order valence-electron chi connectivity index (χ2n) is 6.20. The van der Waals surface area contributed by atoms with Crippen LogP contribution < -0.4 is 0 Å². The molecule has 1 fully saturated rings. The summed E-state index contributed by atoms with van der Waals surface area (Å²) in [4.78, 5) is 20.9. The summed E-state index contributed by atoms with van der Waals surface area (Å²) in [6.07, 6.45) is 5.10. The van der Waals surface area contributed by atoms with Gasteiger partial charge in [-0.15, -0.1) is 0 Å². The fraction of sp³-hybridized carbons (Fsp3) is 0.333. The van der Waals surface area contributed by atoms with Gasteiger partial charge < -0.3 is 9.88 Å². The number of hydrogen-bond acceptors (Lipinski definition) is 4. The van der Waals surface area contributed by atoms with Crippen LogP contribution in [0.15, 0.2) is 53.5 Å². The molecule has 8 heteroatoms. The molecule has 1 N–H and O–H groups in total. The molecular weight excluding hydrogens is 352 g/mol. The van der Waals surface area contributed by atoms with Crippen LogP contribution in [0.2, 0.25) is 0 Å². The zero-order valence-corrected chi connectivity index (χ0v) is 15.4. The summed E-state index contributed by atoms with van der Waals surface area (Å²) in [6, 6.07) is 9.66. The molecule has 1 aliphatic heterocycles. The highest BCUT2D eigenvalue weighted by atomic mass is 32.2. The van der Waals surface area contributed by atoms with E-state index >= 15 is 0 Å². The van der Waals surface area contributed by atoms with Crippen molar-refractivity contribution in [3.05, 3.63) is 54.0 Å². The second-order valence-corrected chi connectivity index (χ2v) is 8.11. The molecule has 7 nitrogen and oxygen atoms in total. The molecule has 1 amide bonds. The average molecular weight is 374 g/mol. The summed E-state index contributed by atoms with van der Waals surface area (Å²) in [7, 11) is -3.60. The zero-order chi connectivity index (χ0) is 18.6. The van der Waals surface area contributed by atoms with Crippen LogP contribution in [0.25, 0.3) is 6.08 Å². The van der Waals surface area contributed by atoms with Crippen molar-refractivity contribution in [2.45, 2.75) is 18.4 Å². The number of aromatic nitrogens is 2. The first-order valence-electron chi connectivity index (χ1n) is 8.49. The van der Waals surface area contributed by atoms with E-state index in [1.165, 1.54) is 16.8 Å². The molecule has 0 bridgehead atoms. The highest BCUT2D eigenvalue weighted by Crippen LogP contribution is 2.17. The van der Waals surface area contributed by atoms with Gasteiger partial charge in [-0.05, 0) is 25.0 Å². The van der Waals surface area contributed by atoms with Crippen molar-refractivity contribution in [3.8, 4) is 0 Å². The lowest BCUT2D eigenvalue weighted by Gasteiger charge is -2.21. The molecule has 0 aliphatic carbocycles. The van der Waals surface area contributed by atoms with Crippen LogP contribution in [0, 0.1) is 0 Å². The number of H-pyrrole nitrogens is 1. The van der Waals surface area contributed by atoms with Crippen LogP contribution in [-0.2, 0) is 14.8 Å². The molecule has 0 radical (unpaired) electrons. The number of nitrogens with one attached hydrogen (secondary N) is 1. The van der Waals surface area contributed by atoms with E-state index in [0.29, 0.717) is 31.6 Å². The molecule has 2 aromatic rings. The Hall–Kier alpha value is -2.45. The summed E-state index contributed by atoms with van der Waals surface area (Å²) >= 11 is 0. The molecule has 0 atom stereocenters. The van der Waals surface area contributed by atoms with Gasteiger partial charge in [-0.3, -0.25) is 4.79 Å². The molecule has 0 unspecified atom stereocenters. The van der Waals surface area contributed by atoms with Gasteiger partial charge in [-0.2, -0.15) is 4.31 Å². The monoisotopic (exact) mass is 374 g/mol. The van der Waals surface area contributed by atoms with Gasteiger partial charge in [0.1, 0.15) is 0 Å². The standard InChI is InChI=1S/C18H22N4O3S/c1-15(12-16-6-3-2-4-7-16)18(23)21-8-5-9-22(11-10-21)26(24,25)17-13-19-14-20-17/h2-4,6-7,12-14H,5,8-11H2,1H3,(H,19,20)/b15-12+. The smallest absolute Gasteiger partial charge is 0.260 e. The summed E-state index contributed by atoms with van der Waals surface area (Å²) in [5.74, 6) is -0.0605. The van der Waals surface area contributed by atoms with Gasteiger partial charge in [0.05, 0.1) is 12.5 Å². The maximum absolute atomic E-state index is 12.7. The third kappa shape index (κ3) is 4.03. The maximum Gasteiger partial charge on any atom is 0.260 e. The van der Waals surface area contributed by atoms with E-state index in [4.69, 9.17) is 0 Å². The van der Waals surface area contributed by atoms with E-state index < -0.39 is 10.0 Å². The Bertz CT molecular complexity index is 876. The van der Waals surface area contributed by atoms with Crippen molar-refractivity contribution >= 4 is 22.0 Å². The third-order valence-corrected chi connectivity index (χ3v) is 6.18. The van der Waals surface area contributed by atoms with Crippen molar-refractivity contribution in [2.75, 3.05) is 26.2 Å². The third-order valence-electron chi connectivity index (χ3n) is 4.35. The summed E-state index contributed by atoms with van der Waals surface area (Å²) in [5, 5.41) is 0.0810. The molecule has 2 heterocycles. The number of imidazole rings is 1. The SMILES string of the molecule is C/C(=C\c1ccccc1)C(=O)N1CCCN(S(=O)(=O)c2cnc[nH]2)CC1. The number of amides is 1. The number of aromatic amines is 1. The minimum atomic E-state index is -3.60. The van der Waals surface area contributed by atoms with Crippen LogP contribution in [0.3, 0.4) is 0 Å². The van der Waals surface area contributed by atoms with E-state index in [9.17, 15) is 13.2 Å². The summed E-state index contributed by atoms with van der Waals surface area (Å²) < 4.78 is 26.6. The van der Waals surface area contributed by atoms with Gasteiger partial charge >= 0.3 is 0 Å². The fourth-order valence-electron chi connectivity index (χ4n) is 2.97. The number of hydrogen-bond donors (Lipinski definition) is 1. The molecule has 1 aromatic heterocycles. The number of nitrogens with zero attached hydrogens (tertiary/aromatic N) is 3. The Kier molecular flexibility index (Phi) is 5.53. The minimum Gasteiger partial charge on any atom is -0.338 e. The van der Waals surface area contributed by atoms with E-state index in [0.717, 1.165) is 5.56 Å². The van der Waals surface area contributed by atoms with Crippen LogP contribution in [-0.4, -0.2) is 59.7 Å². The molecule has 26 heavy (non-hydrogen) atoms. The molecule has 1 aliphatic rings. The molecule has 1 saturated heterocycles. The molecule has 1 aromatic carbocycles. The first-order valence-corrected chi connectivity index (χ1v) is 9.93. The highest BCUT2D eigenvalue weighted by molar-refractivity contribution is 7.89. The van der Waals surface area contributed by atoms with Crippen molar-refractivity contribution in [1.29, 1.82) is 0 Å². The lowest BCUT2D eigenvalue weighted by molar-refractivity contribution is -0.126. The Labute approximate surface area is 153 Å². The normalized spacial score (nSPS) is 17.1. The van der Waals surface area contributed by atoms with Gasteiger partial charge in [0, 0.05) is 31.8 Å². The number of carbonyl (C=O) groups is 1. The van der Waals surface area contributed by atoms with Crippen LogP contribution in [0.4, 0.5) is 0 Å². The van der Waals surface area contributed by atoms with Gasteiger partial charge in [-0.1, -0.05) is 30.3 Å². The molecular formula is C18H22N4O3S. The van der Waals surface area contributed by atoms with Gasteiger partial charge in [-0.25, -0.2) is 13.4 Å². The lowest BCUT2D eigenvalue weighted by atomic mass is 10.1. The van der Waals surface area contributed by atoms with Gasteiger partial charge in [0.25, 0.3) is 10.0 Å². The Balaban J connectivity index is 1.69. The minimum absolute atomic E-state index is 0.0605. The van der Waals surface area contributed by atoms with E-state index in [-0.39, 0.29) is 17.5 Å². The second kappa shape index (κ2) is 7.84. The first-order chi connectivity index (χ1) is 12.5. The van der Waals surface area contributed by atoms with Crippen molar-refractivity contribution in [2.24, 2.45) is 0 Å². The quantitative estimate of drug-likeness (QED) is 0.826. The predicted octanol–water partition coefficient (Wildman–Crippen LogP) is 1.74. The van der Waals surface area contributed by atoms with Gasteiger partial charge in [0.15, 0.2) is 5.03 Å². The van der Waals surface area contributed by atoms with Crippen molar-refractivity contribution in [1.82, 2.24) is 19.2 Å². The van der Waals surface area contributed by atoms with Crippen LogP contribution in [0.5, 0.6) is 0 Å². The Morgan fingerprint density at radius 3 is 2.62 bits per heavy atom. The summed E-state index contributed by atoms with van der Waals surface area (Å²) in [5.41, 5.74) is 1.61. The fourth-order valence-corrected chi connectivity index (χ4v) is 4.34. The number of rotatable bonds is 4. The van der Waals surface area contributed by atoms with Gasteiger partial charge in [0.2, 0.25) is 5.91 Å². The Morgan fingerprint density at radius 1 is 1.15 bits per heavy atom. The average Bonchev–Trinajstić information content (AvgIpc) is 3.07. The van der Waals surface area contributed by atoms with Crippen molar-refractivity contribution in [3.63, 3.8) is 0 Å². The molecule has 0 saturated carbocycles. The molecule has 3 rings (SSSR count). The lowest BCUT2D eigenvalue weighted by Crippen LogP contribution is -2.37. The molecule has 0 spiro atoms. The zero-order valence-electron chi connectivity index (χ0n) is 14.6. The topological polar surface area (TPSA) is 86.4 Å². The predicted molar refractivity (Wildman–Crippen MR) is 98.6 cm³/mol. The Morgan fingerprint density at radius 2 is 1.92 bits per heavy atom. The van der Waals surface area contributed by atoms with E-state index in [2.05, 4.69) is 9.97 Å². The van der Waals surface area contributed by atoms with E-state index in [1.54, 1.807) is 11.8 Å². The van der Waals surface area contributed by atoms with E-state index in [1.807, 2.05) is 36.4 Å². The van der Waals surface area contributed by atoms with Crippen LogP contribution >= 0.6 is 0 Å². The van der Waals surface area contributed by atoms with Crippen LogP contribution in [0.1, 0.15) is 18.9 Å². The summed E-state index contributed by atoms with van der Waals surface area (Å²) in [6.45, 7) is 3.34. The highest BCUT2D eigenvalue weighted by Gasteiger charge is 2.29. The molecule has 138 valence electrons. The maximum atomic E-state index is 12.7. The number of benzene rings is 1. The number of sulfonamides is 1. The first kappa shape index (κ1) is 18.3. The van der Waals surface area contributed by atoms with Crippen molar-refractivity contribution < 1.29 is 13.2 Å².